The maximum absolute atomic E-state index is 13.0. The van der Waals surface area contributed by atoms with Crippen LogP contribution < -0.4 is 10.6 Å². The first-order chi connectivity index (χ1) is 9.58. The Morgan fingerprint density at radius 2 is 2.10 bits per heavy atom. The molecule has 20 heavy (non-hydrogen) atoms. The van der Waals surface area contributed by atoms with Gasteiger partial charge in [-0.15, -0.1) is 0 Å². The van der Waals surface area contributed by atoms with Crippen molar-refractivity contribution in [2.45, 2.75) is 6.42 Å². The Morgan fingerprint density at radius 1 is 1.30 bits per heavy atom. The highest BCUT2D eigenvalue weighted by atomic mass is 35.5. The topological polar surface area (TPSA) is 61.4 Å². The third kappa shape index (κ3) is 3.68. The minimum Gasteiger partial charge on any atom is -0.333 e. The summed E-state index contributed by atoms with van der Waals surface area (Å²) in [5.41, 5.74) is 0.294. The molecule has 1 aliphatic heterocycles. The fourth-order valence-corrected chi connectivity index (χ4v) is 2.13. The van der Waals surface area contributed by atoms with Crippen molar-refractivity contribution in [3.05, 3.63) is 29.0 Å². The van der Waals surface area contributed by atoms with Crippen LogP contribution in [0.25, 0.3) is 0 Å². The summed E-state index contributed by atoms with van der Waals surface area (Å²) in [7, 11) is 0. The maximum atomic E-state index is 13.0. The van der Waals surface area contributed by atoms with Gasteiger partial charge >= 0.3 is 11.8 Å². The predicted octanol–water partition coefficient (Wildman–Crippen LogP) is 1.24. The van der Waals surface area contributed by atoms with E-state index in [1.54, 1.807) is 0 Å². The van der Waals surface area contributed by atoms with Gasteiger partial charge in [0.2, 0.25) is 0 Å². The van der Waals surface area contributed by atoms with Crippen molar-refractivity contribution in [2.75, 3.05) is 31.5 Å². The second kappa shape index (κ2) is 6.67. The van der Waals surface area contributed by atoms with Crippen molar-refractivity contribution in [3.8, 4) is 0 Å². The lowest BCUT2D eigenvalue weighted by atomic mass is 10.3. The van der Waals surface area contributed by atoms with E-state index >= 15 is 0 Å². The summed E-state index contributed by atoms with van der Waals surface area (Å²) in [6.45, 7) is 2.54. The summed E-state index contributed by atoms with van der Waals surface area (Å²) < 4.78 is 13.0. The Kier molecular flexibility index (Phi) is 4.92. The van der Waals surface area contributed by atoms with Crippen LogP contribution in [0.2, 0.25) is 5.02 Å². The Bertz CT molecular complexity index is 516. The number of nitrogens with one attached hydrogen (secondary N) is 2. The van der Waals surface area contributed by atoms with Gasteiger partial charge in [0, 0.05) is 25.3 Å². The average Bonchev–Trinajstić information content (AvgIpc) is 2.71. The van der Waals surface area contributed by atoms with E-state index in [1.807, 2.05) is 0 Å². The van der Waals surface area contributed by atoms with Gasteiger partial charge in [-0.05, 0) is 31.2 Å². The number of amides is 2. The molecular weight excluding hydrogens is 285 g/mol. The van der Waals surface area contributed by atoms with E-state index < -0.39 is 17.6 Å². The zero-order valence-corrected chi connectivity index (χ0v) is 11.5. The van der Waals surface area contributed by atoms with Gasteiger partial charge in [-0.25, -0.2) is 4.39 Å². The van der Waals surface area contributed by atoms with Gasteiger partial charge in [-0.3, -0.25) is 9.59 Å². The molecule has 1 aliphatic rings. The summed E-state index contributed by atoms with van der Waals surface area (Å²) in [6, 6.07) is 3.76. The smallest absolute Gasteiger partial charge is 0.313 e. The predicted molar refractivity (Wildman–Crippen MR) is 74.1 cm³/mol. The number of anilines is 1. The second-order valence-corrected chi connectivity index (χ2v) is 4.89. The standard InChI is InChI=1S/C13H15ClFN3O2/c14-10-8-9(2-3-11(10)15)17-12(19)13(20)18-6-1-4-16-5-7-18/h2-3,8,16H,1,4-7H2,(H,17,19). The molecule has 0 unspecified atom stereocenters. The van der Waals surface area contributed by atoms with Crippen LogP contribution in [-0.2, 0) is 9.59 Å². The zero-order chi connectivity index (χ0) is 14.5. The summed E-state index contributed by atoms with van der Waals surface area (Å²) >= 11 is 5.62. The first-order valence-corrected chi connectivity index (χ1v) is 6.72. The van der Waals surface area contributed by atoms with Crippen molar-refractivity contribution >= 4 is 29.1 Å². The lowest BCUT2D eigenvalue weighted by molar-refractivity contribution is -0.143. The molecule has 0 atom stereocenters. The SMILES string of the molecule is O=C(Nc1ccc(F)c(Cl)c1)C(=O)N1CCCNCC1. The molecule has 0 spiro atoms. The largest absolute Gasteiger partial charge is 0.333 e. The molecule has 5 nitrogen and oxygen atoms in total. The van der Waals surface area contributed by atoms with Gasteiger partial charge in [-0.2, -0.15) is 0 Å². The van der Waals surface area contributed by atoms with Crippen molar-refractivity contribution in [3.63, 3.8) is 0 Å². The van der Waals surface area contributed by atoms with Crippen LogP contribution in [0.5, 0.6) is 0 Å². The van der Waals surface area contributed by atoms with Gasteiger partial charge in [-0.1, -0.05) is 11.6 Å². The number of hydrogen-bond donors (Lipinski definition) is 2. The van der Waals surface area contributed by atoms with Gasteiger partial charge in [0.25, 0.3) is 0 Å². The molecular formula is C13H15ClFN3O2. The first kappa shape index (κ1) is 14.7. The molecule has 2 amide bonds. The highest BCUT2D eigenvalue weighted by Crippen LogP contribution is 2.19. The summed E-state index contributed by atoms with van der Waals surface area (Å²) in [4.78, 5) is 25.3. The molecule has 0 radical (unpaired) electrons. The van der Waals surface area contributed by atoms with Crippen molar-refractivity contribution < 1.29 is 14.0 Å². The van der Waals surface area contributed by atoms with E-state index in [1.165, 1.54) is 17.0 Å². The van der Waals surface area contributed by atoms with E-state index in [4.69, 9.17) is 11.6 Å². The molecule has 1 saturated heterocycles. The number of carbonyl (C=O) groups is 2. The quantitative estimate of drug-likeness (QED) is 0.767. The van der Waals surface area contributed by atoms with E-state index in [0.29, 0.717) is 25.3 Å². The molecule has 108 valence electrons. The first-order valence-electron chi connectivity index (χ1n) is 6.34. The molecule has 2 N–H and O–H groups in total. The average molecular weight is 300 g/mol. The number of nitrogens with zero attached hydrogens (tertiary/aromatic N) is 1. The number of hydrogen-bond acceptors (Lipinski definition) is 3. The van der Waals surface area contributed by atoms with Gasteiger partial charge in [0.05, 0.1) is 5.02 Å². The Morgan fingerprint density at radius 3 is 2.85 bits per heavy atom. The maximum Gasteiger partial charge on any atom is 0.313 e. The van der Waals surface area contributed by atoms with Crippen molar-refractivity contribution in [1.82, 2.24) is 10.2 Å². The minimum atomic E-state index is -0.741. The van der Waals surface area contributed by atoms with Gasteiger partial charge in [0.1, 0.15) is 5.82 Å². The van der Waals surface area contributed by atoms with Crippen LogP contribution in [0, 0.1) is 5.82 Å². The minimum absolute atomic E-state index is 0.103. The molecule has 1 aromatic carbocycles. The number of halogens is 2. The Labute approximate surface area is 121 Å². The van der Waals surface area contributed by atoms with E-state index in [9.17, 15) is 14.0 Å². The molecule has 7 heteroatoms. The van der Waals surface area contributed by atoms with Gasteiger partial charge in [0.15, 0.2) is 0 Å². The molecule has 0 bridgehead atoms. The van der Waals surface area contributed by atoms with E-state index in [-0.39, 0.29) is 5.02 Å². The third-order valence-electron chi connectivity index (χ3n) is 3.00. The Balaban J connectivity index is 1.99. The van der Waals surface area contributed by atoms with Crippen LogP contribution in [0.4, 0.5) is 10.1 Å². The summed E-state index contributed by atoms with van der Waals surface area (Å²) in [5.74, 6) is -1.90. The van der Waals surface area contributed by atoms with Crippen LogP contribution >= 0.6 is 11.6 Å². The van der Waals surface area contributed by atoms with Crippen LogP contribution in [-0.4, -0.2) is 42.9 Å². The van der Waals surface area contributed by atoms with Crippen LogP contribution in [0.15, 0.2) is 18.2 Å². The highest BCUT2D eigenvalue weighted by Gasteiger charge is 2.22. The third-order valence-corrected chi connectivity index (χ3v) is 3.29. The lowest BCUT2D eigenvalue weighted by Crippen LogP contribution is -2.41. The van der Waals surface area contributed by atoms with Crippen LogP contribution in [0.3, 0.4) is 0 Å². The number of benzene rings is 1. The number of carbonyl (C=O) groups excluding carboxylic acids is 2. The molecule has 2 rings (SSSR count). The molecule has 0 saturated carbocycles. The van der Waals surface area contributed by atoms with E-state index in [0.717, 1.165) is 19.0 Å². The molecule has 1 aromatic rings. The monoisotopic (exact) mass is 299 g/mol. The molecule has 1 heterocycles. The van der Waals surface area contributed by atoms with Crippen LogP contribution in [0.1, 0.15) is 6.42 Å². The second-order valence-electron chi connectivity index (χ2n) is 4.48. The Hall–Kier alpha value is -1.66. The summed E-state index contributed by atoms with van der Waals surface area (Å²) in [6.07, 6.45) is 0.807. The van der Waals surface area contributed by atoms with Gasteiger partial charge < -0.3 is 15.5 Å². The summed E-state index contributed by atoms with van der Waals surface area (Å²) in [5, 5.41) is 5.47. The molecule has 0 aromatic heterocycles. The fourth-order valence-electron chi connectivity index (χ4n) is 1.95. The zero-order valence-electron chi connectivity index (χ0n) is 10.8. The van der Waals surface area contributed by atoms with Crippen molar-refractivity contribution in [1.29, 1.82) is 0 Å². The molecule has 0 aliphatic carbocycles. The normalized spacial score (nSPS) is 15.6. The molecule has 1 fully saturated rings. The fraction of sp³-hybridized carbons (Fsp3) is 0.385. The van der Waals surface area contributed by atoms with Crippen molar-refractivity contribution in [2.24, 2.45) is 0 Å². The number of rotatable bonds is 1. The van der Waals surface area contributed by atoms with E-state index in [2.05, 4.69) is 10.6 Å². The highest BCUT2D eigenvalue weighted by molar-refractivity contribution is 6.39. The lowest BCUT2D eigenvalue weighted by Gasteiger charge is -2.19.